The molecule has 1 aliphatic rings. The first-order valence-corrected chi connectivity index (χ1v) is 12.5. The van der Waals surface area contributed by atoms with Crippen molar-refractivity contribution in [2.75, 3.05) is 46.4 Å². The van der Waals surface area contributed by atoms with E-state index in [0.29, 0.717) is 24.5 Å². The zero-order chi connectivity index (χ0) is 24.2. The Kier molecular flexibility index (Phi) is 7.93. The van der Waals surface area contributed by atoms with Crippen LogP contribution in [0.3, 0.4) is 0 Å². The summed E-state index contributed by atoms with van der Waals surface area (Å²) in [5.74, 6) is -0.963. The normalized spacial score (nSPS) is 15.1. The van der Waals surface area contributed by atoms with Gasteiger partial charge in [-0.25, -0.2) is 13.2 Å². The smallest absolute Gasteiger partial charge is 0.341 e. The predicted molar refractivity (Wildman–Crippen MR) is 124 cm³/mol. The summed E-state index contributed by atoms with van der Waals surface area (Å²) >= 11 is 0. The molecule has 0 aliphatic carbocycles. The number of esters is 1. The number of hydrogen-bond acceptors (Lipinski definition) is 6. The van der Waals surface area contributed by atoms with Gasteiger partial charge in [-0.05, 0) is 26.3 Å². The van der Waals surface area contributed by atoms with Crippen LogP contribution >= 0.6 is 0 Å². The molecule has 2 aromatic rings. The molecule has 1 aromatic heterocycles. The molecule has 0 saturated carbocycles. The lowest BCUT2D eigenvalue weighted by Gasteiger charge is -2.35. The van der Waals surface area contributed by atoms with Gasteiger partial charge in [0.15, 0.2) is 0 Å². The number of rotatable bonds is 8. The van der Waals surface area contributed by atoms with Crippen LogP contribution in [-0.4, -0.2) is 85.8 Å². The fourth-order valence-corrected chi connectivity index (χ4v) is 5.58. The quantitative estimate of drug-likeness (QED) is 0.583. The molecule has 0 spiro atoms. The van der Waals surface area contributed by atoms with Crippen molar-refractivity contribution in [1.82, 2.24) is 19.1 Å². The molecule has 1 aliphatic heterocycles. The van der Waals surface area contributed by atoms with Crippen molar-refractivity contribution in [1.29, 1.82) is 0 Å². The fraction of sp³-hybridized carbons (Fsp3) is 0.478. The summed E-state index contributed by atoms with van der Waals surface area (Å²) in [6, 6.07) is 10.1. The van der Waals surface area contributed by atoms with E-state index in [-0.39, 0.29) is 29.5 Å². The number of carbonyl (C=O) groups excluding carboxylic acids is 2. The standard InChI is InChI=1S/C23H32N4O5S/c1-5-32-23(29)21-17(2)24-18(3)22(21)33(30,31)25(4)16-20(28)27-13-11-26(12-14-27)15-19-9-7-6-8-10-19/h6-10,24H,5,11-16H2,1-4H3. The number of H-pyrrole nitrogens is 1. The number of likely N-dealkylation sites (N-methyl/N-ethyl adjacent to an activating group) is 1. The molecule has 1 N–H and O–H groups in total. The number of ether oxygens (including phenoxy) is 1. The lowest BCUT2D eigenvalue weighted by Crippen LogP contribution is -2.51. The van der Waals surface area contributed by atoms with Crippen LogP contribution in [0, 0.1) is 13.8 Å². The summed E-state index contributed by atoms with van der Waals surface area (Å²) in [6.07, 6.45) is 0. The number of hydrogen-bond donors (Lipinski definition) is 1. The topological polar surface area (TPSA) is 103 Å². The molecule has 1 aromatic carbocycles. The SMILES string of the molecule is CCOC(=O)c1c(C)[nH]c(C)c1S(=O)(=O)N(C)CC(=O)N1CCN(Cc2ccccc2)CC1. The molecular weight excluding hydrogens is 444 g/mol. The van der Waals surface area contributed by atoms with Crippen LogP contribution in [-0.2, 0) is 26.1 Å². The number of aryl methyl sites for hydroxylation is 2. The summed E-state index contributed by atoms with van der Waals surface area (Å²) < 4.78 is 32.6. The molecule has 9 nitrogen and oxygen atoms in total. The fourth-order valence-electron chi connectivity index (χ4n) is 4.06. The van der Waals surface area contributed by atoms with Crippen LogP contribution in [0.1, 0.15) is 34.2 Å². The van der Waals surface area contributed by atoms with Gasteiger partial charge in [0.05, 0.1) is 13.2 Å². The second-order valence-electron chi connectivity index (χ2n) is 8.20. The number of nitrogens with one attached hydrogen (secondary N) is 1. The highest BCUT2D eigenvalue weighted by molar-refractivity contribution is 7.89. The molecule has 1 saturated heterocycles. The van der Waals surface area contributed by atoms with Crippen molar-refractivity contribution in [2.24, 2.45) is 0 Å². The number of benzene rings is 1. The molecule has 0 radical (unpaired) electrons. The minimum Gasteiger partial charge on any atom is -0.462 e. The average Bonchev–Trinajstić information content (AvgIpc) is 3.09. The van der Waals surface area contributed by atoms with Crippen molar-refractivity contribution in [3.05, 3.63) is 52.8 Å². The Hall–Kier alpha value is -2.69. The van der Waals surface area contributed by atoms with Crippen molar-refractivity contribution in [2.45, 2.75) is 32.2 Å². The number of nitrogens with zero attached hydrogens (tertiary/aromatic N) is 3. The van der Waals surface area contributed by atoms with Gasteiger partial charge in [0.25, 0.3) is 0 Å². The van der Waals surface area contributed by atoms with E-state index in [1.807, 2.05) is 18.2 Å². The Morgan fingerprint density at radius 3 is 2.30 bits per heavy atom. The minimum atomic E-state index is -4.08. The summed E-state index contributed by atoms with van der Waals surface area (Å²) in [4.78, 5) is 32.0. The zero-order valence-corrected chi connectivity index (χ0v) is 20.4. The molecule has 0 bridgehead atoms. The van der Waals surface area contributed by atoms with E-state index in [1.165, 1.54) is 12.6 Å². The maximum absolute atomic E-state index is 13.3. The Balaban J connectivity index is 1.65. The van der Waals surface area contributed by atoms with Gasteiger partial charge < -0.3 is 14.6 Å². The Labute approximate surface area is 195 Å². The highest BCUT2D eigenvalue weighted by atomic mass is 32.2. The van der Waals surface area contributed by atoms with Crippen LogP contribution in [0.5, 0.6) is 0 Å². The first kappa shape index (κ1) is 24.9. The van der Waals surface area contributed by atoms with Gasteiger partial charge in [-0.2, -0.15) is 4.31 Å². The summed E-state index contributed by atoms with van der Waals surface area (Å²) in [5.41, 5.74) is 1.96. The maximum atomic E-state index is 13.3. The second-order valence-corrected chi connectivity index (χ2v) is 10.2. The van der Waals surface area contributed by atoms with Crippen LogP contribution in [0.2, 0.25) is 0 Å². The first-order chi connectivity index (χ1) is 15.6. The van der Waals surface area contributed by atoms with Gasteiger partial charge in [0, 0.05) is 51.2 Å². The van der Waals surface area contributed by atoms with Gasteiger partial charge in [0.1, 0.15) is 10.5 Å². The molecule has 180 valence electrons. The van der Waals surface area contributed by atoms with E-state index >= 15 is 0 Å². The number of carbonyl (C=O) groups is 2. The molecule has 3 rings (SSSR count). The van der Waals surface area contributed by atoms with Crippen molar-refractivity contribution in [3.63, 3.8) is 0 Å². The van der Waals surface area contributed by atoms with Gasteiger partial charge in [-0.3, -0.25) is 9.69 Å². The Bertz CT molecular complexity index is 1090. The molecule has 0 unspecified atom stereocenters. The Morgan fingerprint density at radius 2 is 1.70 bits per heavy atom. The van der Waals surface area contributed by atoms with Gasteiger partial charge in [0.2, 0.25) is 15.9 Å². The van der Waals surface area contributed by atoms with Crippen LogP contribution in [0.25, 0.3) is 0 Å². The van der Waals surface area contributed by atoms with Crippen LogP contribution in [0.15, 0.2) is 35.2 Å². The maximum Gasteiger partial charge on any atom is 0.341 e. The third-order valence-electron chi connectivity index (χ3n) is 5.80. The lowest BCUT2D eigenvalue weighted by atomic mass is 10.2. The van der Waals surface area contributed by atoms with Crippen molar-refractivity contribution >= 4 is 21.9 Å². The monoisotopic (exact) mass is 476 g/mol. The molecule has 1 fully saturated rings. The van der Waals surface area contributed by atoms with Crippen LogP contribution in [0.4, 0.5) is 0 Å². The number of sulfonamides is 1. The summed E-state index contributed by atoms with van der Waals surface area (Å²) in [6.45, 7) is 8.04. The first-order valence-electron chi connectivity index (χ1n) is 11.0. The van der Waals surface area contributed by atoms with Gasteiger partial charge in [-0.15, -0.1) is 0 Å². The second kappa shape index (κ2) is 10.5. The lowest BCUT2D eigenvalue weighted by molar-refractivity contribution is -0.133. The van der Waals surface area contributed by atoms with Crippen LogP contribution < -0.4 is 0 Å². The molecule has 1 amide bonds. The Morgan fingerprint density at radius 1 is 1.06 bits per heavy atom. The number of aromatic amines is 1. The van der Waals surface area contributed by atoms with E-state index in [0.717, 1.165) is 23.9 Å². The third-order valence-corrected chi connectivity index (χ3v) is 7.77. The molecule has 10 heteroatoms. The zero-order valence-electron chi connectivity index (χ0n) is 19.6. The summed E-state index contributed by atoms with van der Waals surface area (Å²) in [5, 5.41) is 0. The number of amides is 1. The van der Waals surface area contributed by atoms with Crippen molar-refractivity contribution < 1.29 is 22.7 Å². The van der Waals surface area contributed by atoms with E-state index in [2.05, 4.69) is 22.0 Å². The highest BCUT2D eigenvalue weighted by Gasteiger charge is 2.34. The van der Waals surface area contributed by atoms with Gasteiger partial charge >= 0.3 is 5.97 Å². The predicted octanol–water partition coefficient (Wildman–Crippen LogP) is 1.77. The molecule has 0 atom stereocenters. The van der Waals surface area contributed by atoms with E-state index in [4.69, 9.17) is 4.74 Å². The number of piperazine rings is 1. The average molecular weight is 477 g/mol. The van der Waals surface area contributed by atoms with E-state index < -0.39 is 16.0 Å². The number of aromatic nitrogens is 1. The molecule has 2 heterocycles. The highest BCUT2D eigenvalue weighted by Crippen LogP contribution is 2.27. The van der Waals surface area contributed by atoms with E-state index in [9.17, 15) is 18.0 Å². The van der Waals surface area contributed by atoms with Gasteiger partial charge in [-0.1, -0.05) is 30.3 Å². The largest absolute Gasteiger partial charge is 0.462 e. The third kappa shape index (κ3) is 5.63. The van der Waals surface area contributed by atoms with E-state index in [1.54, 1.807) is 25.7 Å². The molecule has 33 heavy (non-hydrogen) atoms. The summed E-state index contributed by atoms with van der Waals surface area (Å²) in [7, 11) is -2.73. The van der Waals surface area contributed by atoms with Crippen molar-refractivity contribution in [3.8, 4) is 0 Å². The molecular formula is C23H32N4O5S. The minimum absolute atomic E-state index is 0.0109.